The van der Waals surface area contributed by atoms with Crippen LogP contribution in [-0.2, 0) is 0 Å². The van der Waals surface area contributed by atoms with Crippen molar-refractivity contribution in [1.82, 2.24) is 0 Å². The van der Waals surface area contributed by atoms with Crippen LogP contribution in [0.15, 0.2) is 55.1 Å². The Kier molecular flexibility index (Phi) is 8.33. The van der Waals surface area contributed by atoms with Gasteiger partial charge in [0.1, 0.15) is 0 Å². The van der Waals surface area contributed by atoms with Crippen LogP contribution in [0.5, 0.6) is 0 Å². The normalized spacial score (nSPS) is 12.1. The fraction of sp³-hybridized carbons (Fsp3) is 0.125. The lowest BCUT2D eigenvalue weighted by atomic mass is 10.2. The molecule has 0 saturated carbocycles. The van der Waals surface area contributed by atoms with Gasteiger partial charge in [0.05, 0.1) is 0 Å². The highest BCUT2D eigenvalue weighted by molar-refractivity contribution is 7.65. The Morgan fingerprint density at radius 1 is 0.864 bits per heavy atom. The van der Waals surface area contributed by atoms with Gasteiger partial charge in [-0.25, -0.2) is 0 Å². The Morgan fingerprint density at radius 3 is 1.64 bits per heavy atom. The SMILES string of the molecule is C=Cc1ccc(Cl)cc1.CC(c1ccc(Cl)cc1)[Si](Cl)(Cl)Cl. The van der Waals surface area contributed by atoms with Crippen LogP contribution in [0.2, 0.25) is 10.0 Å². The molecule has 0 bridgehead atoms. The monoisotopic (exact) mass is 410 g/mol. The van der Waals surface area contributed by atoms with Crippen LogP contribution in [0.1, 0.15) is 23.6 Å². The van der Waals surface area contributed by atoms with Gasteiger partial charge in [-0.2, -0.15) is 0 Å². The minimum Gasteiger partial charge on any atom is -0.125 e. The van der Waals surface area contributed by atoms with E-state index in [1.54, 1.807) is 18.2 Å². The van der Waals surface area contributed by atoms with Crippen LogP contribution >= 0.6 is 56.4 Å². The van der Waals surface area contributed by atoms with Crippen molar-refractivity contribution in [3.8, 4) is 0 Å². The number of halogens is 5. The first kappa shape index (κ1) is 19.9. The lowest BCUT2D eigenvalue weighted by Gasteiger charge is -2.17. The van der Waals surface area contributed by atoms with Gasteiger partial charge in [-0.3, -0.25) is 0 Å². The maximum atomic E-state index is 5.89. The first-order chi connectivity index (χ1) is 10.2. The number of rotatable bonds is 3. The maximum absolute atomic E-state index is 5.89. The molecule has 2 aromatic rings. The number of hydrogen-bond donors (Lipinski definition) is 0. The van der Waals surface area contributed by atoms with Crippen LogP contribution in [0.25, 0.3) is 6.08 Å². The molecule has 0 amide bonds. The van der Waals surface area contributed by atoms with E-state index in [1.807, 2.05) is 43.3 Å². The van der Waals surface area contributed by atoms with Gasteiger partial charge in [0, 0.05) is 15.6 Å². The molecule has 2 rings (SSSR count). The average molecular weight is 413 g/mol. The summed E-state index contributed by atoms with van der Waals surface area (Å²) in [5.74, 6) is 0. The molecule has 0 spiro atoms. The Balaban J connectivity index is 0.000000235. The second-order valence-corrected chi connectivity index (χ2v) is 14.5. The van der Waals surface area contributed by atoms with E-state index in [0.29, 0.717) is 5.02 Å². The van der Waals surface area contributed by atoms with Crippen molar-refractivity contribution in [2.24, 2.45) is 0 Å². The first-order valence-electron chi connectivity index (χ1n) is 6.44. The van der Waals surface area contributed by atoms with Gasteiger partial charge in [0.2, 0.25) is 0 Å². The molecule has 0 aliphatic rings. The molecule has 0 aliphatic heterocycles. The molecule has 118 valence electrons. The summed E-state index contributed by atoms with van der Waals surface area (Å²) in [6.45, 7) is 5.54. The van der Waals surface area contributed by atoms with Crippen molar-refractivity contribution in [2.75, 3.05) is 0 Å². The zero-order valence-electron chi connectivity index (χ0n) is 11.9. The van der Waals surface area contributed by atoms with Gasteiger partial charge >= 0.3 is 6.00 Å². The predicted molar refractivity (Wildman–Crippen MR) is 105 cm³/mol. The fourth-order valence-electron chi connectivity index (χ4n) is 1.54. The number of benzene rings is 2. The number of hydrogen-bond acceptors (Lipinski definition) is 0. The van der Waals surface area contributed by atoms with Crippen LogP contribution in [0.3, 0.4) is 0 Å². The van der Waals surface area contributed by atoms with E-state index in [1.165, 1.54) is 0 Å². The second kappa shape index (κ2) is 9.22. The third-order valence-electron chi connectivity index (χ3n) is 2.97. The Morgan fingerprint density at radius 2 is 1.27 bits per heavy atom. The Labute approximate surface area is 156 Å². The fourth-order valence-corrected chi connectivity index (χ4v) is 3.50. The summed E-state index contributed by atoms with van der Waals surface area (Å²) in [5, 5.41) is 1.46. The average Bonchev–Trinajstić information content (AvgIpc) is 2.48. The van der Waals surface area contributed by atoms with Crippen molar-refractivity contribution in [3.05, 3.63) is 76.3 Å². The molecular weight excluding hydrogens is 398 g/mol. The van der Waals surface area contributed by atoms with Crippen molar-refractivity contribution >= 4 is 68.5 Å². The maximum Gasteiger partial charge on any atom is 0.348 e. The molecule has 0 aromatic heterocycles. The van der Waals surface area contributed by atoms with E-state index in [2.05, 4.69) is 6.58 Å². The lowest BCUT2D eigenvalue weighted by Crippen LogP contribution is -2.20. The summed E-state index contributed by atoms with van der Waals surface area (Å²) >= 11 is 29.1. The van der Waals surface area contributed by atoms with E-state index in [9.17, 15) is 0 Å². The summed E-state index contributed by atoms with van der Waals surface area (Å²) < 4.78 is 0. The predicted octanol–water partition coefficient (Wildman–Crippen LogP) is 7.62. The van der Waals surface area contributed by atoms with Crippen LogP contribution in [0, 0.1) is 0 Å². The summed E-state index contributed by atoms with van der Waals surface area (Å²) in [4.78, 5) is 0. The quantitative estimate of drug-likeness (QED) is 0.359. The molecule has 1 unspecified atom stereocenters. The Bertz CT molecular complexity index is 587. The molecule has 6 heteroatoms. The highest BCUT2D eigenvalue weighted by Crippen LogP contribution is 2.36. The molecule has 0 fully saturated rings. The summed E-state index contributed by atoms with van der Waals surface area (Å²) in [6, 6.07) is 12.3. The van der Waals surface area contributed by atoms with Crippen molar-refractivity contribution in [2.45, 2.75) is 12.5 Å². The van der Waals surface area contributed by atoms with Crippen LogP contribution in [0.4, 0.5) is 0 Å². The van der Waals surface area contributed by atoms with Crippen molar-refractivity contribution in [3.63, 3.8) is 0 Å². The highest BCUT2D eigenvalue weighted by atomic mass is 35.8. The first-order valence-corrected chi connectivity index (χ1v) is 12.3. The molecule has 0 heterocycles. The minimum absolute atomic E-state index is 0.00485. The smallest absolute Gasteiger partial charge is 0.125 e. The van der Waals surface area contributed by atoms with Crippen molar-refractivity contribution < 1.29 is 0 Å². The third kappa shape index (κ3) is 6.95. The molecule has 0 radical (unpaired) electrons. The van der Waals surface area contributed by atoms with Crippen molar-refractivity contribution in [1.29, 1.82) is 0 Å². The zero-order valence-corrected chi connectivity index (χ0v) is 16.7. The second-order valence-electron chi connectivity index (χ2n) is 4.57. The molecule has 22 heavy (non-hydrogen) atoms. The minimum atomic E-state index is -2.65. The lowest BCUT2D eigenvalue weighted by molar-refractivity contribution is 1.07. The van der Waals surface area contributed by atoms with E-state index in [4.69, 9.17) is 56.4 Å². The molecule has 2 aromatic carbocycles. The van der Waals surface area contributed by atoms with Crippen LogP contribution in [-0.4, -0.2) is 6.00 Å². The third-order valence-corrected chi connectivity index (χ3v) is 7.73. The van der Waals surface area contributed by atoms with Gasteiger partial charge in [-0.1, -0.05) is 67.0 Å². The largest absolute Gasteiger partial charge is 0.348 e. The van der Waals surface area contributed by atoms with E-state index in [0.717, 1.165) is 16.1 Å². The summed E-state index contributed by atoms with van der Waals surface area (Å²) in [6.07, 6.45) is 1.79. The molecule has 0 nitrogen and oxygen atoms in total. The standard InChI is InChI=1S/C8H8Cl4Si.C8H7Cl/c1-6(13(10,11)12)7-2-4-8(9)5-3-7;1-2-7-3-5-8(9)6-4-7/h2-6H,1H3;2-6H,1H2. The summed E-state index contributed by atoms with van der Waals surface area (Å²) in [5.41, 5.74) is 2.12. The van der Waals surface area contributed by atoms with E-state index >= 15 is 0 Å². The molecule has 0 aliphatic carbocycles. The van der Waals surface area contributed by atoms with Gasteiger partial charge in [-0.15, -0.1) is 33.2 Å². The van der Waals surface area contributed by atoms with Gasteiger partial charge < -0.3 is 0 Å². The molecular formula is C16H15Cl5Si. The molecule has 0 N–H and O–H groups in total. The molecule has 0 saturated heterocycles. The highest BCUT2D eigenvalue weighted by Gasteiger charge is 2.34. The summed E-state index contributed by atoms with van der Waals surface area (Å²) in [7, 11) is 0. The topological polar surface area (TPSA) is 0 Å². The van der Waals surface area contributed by atoms with Crippen LogP contribution < -0.4 is 0 Å². The zero-order chi connectivity index (χ0) is 16.8. The van der Waals surface area contributed by atoms with E-state index in [-0.39, 0.29) is 5.54 Å². The Hall–Kier alpha value is -0.153. The van der Waals surface area contributed by atoms with Gasteiger partial charge in [0.25, 0.3) is 0 Å². The van der Waals surface area contributed by atoms with E-state index < -0.39 is 6.00 Å². The van der Waals surface area contributed by atoms with Gasteiger partial charge in [-0.05, 0) is 35.4 Å². The molecule has 1 atom stereocenters. The van der Waals surface area contributed by atoms with Gasteiger partial charge in [0.15, 0.2) is 0 Å².